The van der Waals surface area contributed by atoms with E-state index in [4.69, 9.17) is 9.47 Å². The molecule has 90 valence electrons. The highest BCUT2D eigenvalue weighted by Crippen LogP contribution is 2.38. The van der Waals surface area contributed by atoms with E-state index in [1.807, 2.05) is 26.0 Å². The van der Waals surface area contributed by atoms with Crippen molar-refractivity contribution in [3.8, 4) is 0 Å². The zero-order valence-corrected chi connectivity index (χ0v) is 10.1. The van der Waals surface area contributed by atoms with Crippen molar-refractivity contribution in [1.29, 1.82) is 0 Å². The molecule has 1 fully saturated rings. The molecule has 0 aromatic carbocycles. The molecule has 0 spiro atoms. The van der Waals surface area contributed by atoms with Crippen LogP contribution in [0.15, 0.2) is 25.3 Å². The number of aldehydes is 1. The van der Waals surface area contributed by atoms with Crippen molar-refractivity contribution in [2.24, 2.45) is 0 Å². The minimum atomic E-state index is -0.740. The van der Waals surface area contributed by atoms with Crippen molar-refractivity contribution in [1.82, 2.24) is 0 Å². The van der Waals surface area contributed by atoms with Gasteiger partial charge in [0.25, 0.3) is 0 Å². The Kier molecular flexibility index (Phi) is 4.05. The third-order valence-electron chi connectivity index (χ3n) is 2.66. The number of hydrogen-bond acceptors (Lipinski definition) is 3. The van der Waals surface area contributed by atoms with Gasteiger partial charge in [-0.15, -0.1) is 13.2 Å². The Bertz CT molecular complexity index is 271. The van der Waals surface area contributed by atoms with Gasteiger partial charge in [-0.3, -0.25) is 0 Å². The summed E-state index contributed by atoms with van der Waals surface area (Å²) in [5, 5.41) is 0. The first kappa shape index (κ1) is 13.1. The van der Waals surface area contributed by atoms with Crippen molar-refractivity contribution in [2.75, 3.05) is 0 Å². The van der Waals surface area contributed by atoms with Crippen LogP contribution in [-0.2, 0) is 14.3 Å². The summed E-state index contributed by atoms with van der Waals surface area (Å²) in [4.78, 5) is 10.9. The van der Waals surface area contributed by atoms with Crippen LogP contribution in [0.5, 0.6) is 0 Å². The fraction of sp³-hybridized carbons (Fsp3) is 0.615. The first-order chi connectivity index (χ1) is 7.47. The third kappa shape index (κ3) is 3.03. The zero-order chi connectivity index (χ0) is 12.2. The molecule has 1 rings (SSSR count). The van der Waals surface area contributed by atoms with Crippen LogP contribution in [-0.4, -0.2) is 23.8 Å². The van der Waals surface area contributed by atoms with Crippen molar-refractivity contribution >= 4 is 6.29 Å². The lowest BCUT2D eigenvalue weighted by Crippen LogP contribution is -2.52. The Hall–Kier alpha value is -0.930. The molecule has 0 aliphatic carbocycles. The lowest BCUT2D eigenvalue weighted by molar-refractivity contribution is -0.324. The molecule has 1 heterocycles. The van der Waals surface area contributed by atoms with Crippen LogP contribution in [0.3, 0.4) is 0 Å². The minimum absolute atomic E-state index is 0.406. The monoisotopic (exact) mass is 224 g/mol. The molecule has 3 heteroatoms. The number of carbonyl (C=O) groups is 1. The summed E-state index contributed by atoms with van der Waals surface area (Å²) in [6.45, 7) is 11.1. The van der Waals surface area contributed by atoms with Crippen LogP contribution in [0.1, 0.15) is 33.1 Å². The summed E-state index contributed by atoms with van der Waals surface area (Å²) in [6, 6.07) is 0. The molecule has 0 N–H and O–H groups in total. The fourth-order valence-electron chi connectivity index (χ4n) is 2.30. The van der Waals surface area contributed by atoms with E-state index in [-0.39, 0.29) is 0 Å². The highest BCUT2D eigenvalue weighted by Gasteiger charge is 2.44. The van der Waals surface area contributed by atoms with Crippen molar-refractivity contribution in [2.45, 2.75) is 50.6 Å². The predicted octanol–water partition coefficient (Wildman–Crippen LogP) is 2.62. The van der Waals surface area contributed by atoms with E-state index >= 15 is 0 Å². The van der Waals surface area contributed by atoms with Crippen molar-refractivity contribution < 1.29 is 14.3 Å². The largest absolute Gasteiger partial charge is 0.343 e. The SMILES string of the molecule is C=CCC1(CC=C)C[C@@H](C=O)OC(C)(C)O1. The number of rotatable bonds is 5. The van der Waals surface area contributed by atoms with Crippen LogP contribution in [0.2, 0.25) is 0 Å². The van der Waals surface area contributed by atoms with Crippen LogP contribution in [0.4, 0.5) is 0 Å². The van der Waals surface area contributed by atoms with E-state index in [9.17, 15) is 4.79 Å². The molecule has 16 heavy (non-hydrogen) atoms. The van der Waals surface area contributed by atoms with E-state index < -0.39 is 17.5 Å². The van der Waals surface area contributed by atoms with E-state index in [1.165, 1.54) is 0 Å². The Morgan fingerprint density at radius 1 is 1.31 bits per heavy atom. The maximum Gasteiger partial charge on any atom is 0.164 e. The van der Waals surface area contributed by atoms with E-state index in [0.29, 0.717) is 19.3 Å². The van der Waals surface area contributed by atoms with Gasteiger partial charge in [-0.25, -0.2) is 0 Å². The summed E-state index contributed by atoms with van der Waals surface area (Å²) in [5.74, 6) is -0.740. The van der Waals surface area contributed by atoms with E-state index in [1.54, 1.807) is 0 Å². The first-order valence-corrected chi connectivity index (χ1v) is 5.52. The van der Waals surface area contributed by atoms with Gasteiger partial charge in [-0.05, 0) is 26.7 Å². The predicted molar refractivity (Wildman–Crippen MR) is 63.1 cm³/mol. The molecular weight excluding hydrogens is 204 g/mol. The quantitative estimate of drug-likeness (QED) is 0.532. The van der Waals surface area contributed by atoms with E-state index in [2.05, 4.69) is 13.2 Å². The topological polar surface area (TPSA) is 35.5 Å². The molecule has 0 aromatic heterocycles. The number of ether oxygens (including phenoxy) is 2. The van der Waals surface area contributed by atoms with Gasteiger partial charge in [0.15, 0.2) is 5.79 Å². The van der Waals surface area contributed by atoms with Gasteiger partial charge in [-0.1, -0.05) is 12.2 Å². The molecule has 0 unspecified atom stereocenters. The lowest BCUT2D eigenvalue weighted by Gasteiger charge is -2.46. The average molecular weight is 224 g/mol. The molecule has 0 radical (unpaired) electrons. The molecular formula is C13H20O3. The Morgan fingerprint density at radius 2 is 1.88 bits per heavy atom. The molecule has 3 nitrogen and oxygen atoms in total. The fourth-order valence-corrected chi connectivity index (χ4v) is 2.30. The lowest BCUT2D eigenvalue weighted by atomic mass is 9.87. The summed E-state index contributed by atoms with van der Waals surface area (Å²) >= 11 is 0. The van der Waals surface area contributed by atoms with Gasteiger partial charge in [0.2, 0.25) is 0 Å². The van der Waals surface area contributed by atoms with Crippen LogP contribution >= 0.6 is 0 Å². The second-order valence-electron chi connectivity index (χ2n) is 4.67. The van der Waals surface area contributed by atoms with E-state index in [0.717, 1.165) is 6.29 Å². The highest BCUT2D eigenvalue weighted by molar-refractivity contribution is 5.56. The van der Waals surface area contributed by atoms with Crippen molar-refractivity contribution in [3.63, 3.8) is 0 Å². The molecule has 1 atom stereocenters. The Balaban J connectivity index is 2.92. The molecule has 0 amide bonds. The van der Waals surface area contributed by atoms with Crippen LogP contribution in [0, 0.1) is 0 Å². The maximum absolute atomic E-state index is 10.9. The molecule has 1 saturated heterocycles. The van der Waals surface area contributed by atoms with Gasteiger partial charge in [-0.2, -0.15) is 0 Å². The van der Waals surface area contributed by atoms with Gasteiger partial charge >= 0.3 is 0 Å². The number of carbonyl (C=O) groups excluding carboxylic acids is 1. The van der Waals surface area contributed by atoms with Gasteiger partial charge in [0, 0.05) is 6.42 Å². The van der Waals surface area contributed by atoms with Crippen LogP contribution < -0.4 is 0 Å². The van der Waals surface area contributed by atoms with Crippen LogP contribution in [0.25, 0.3) is 0 Å². The summed E-state index contributed by atoms with van der Waals surface area (Å²) in [6.07, 6.45) is 5.98. The Labute approximate surface area is 97.1 Å². The molecule has 0 saturated carbocycles. The maximum atomic E-state index is 10.9. The van der Waals surface area contributed by atoms with Gasteiger partial charge in [0.05, 0.1) is 5.60 Å². The molecule has 1 aliphatic heterocycles. The smallest absolute Gasteiger partial charge is 0.164 e. The Morgan fingerprint density at radius 3 is 2.31 bits per heavy atom. The van der Waals surface area contributed by atoms with Gasteiger partial charge in [0.1, 0.15) is 12.4 Å². The molecule has 0 bridgehead atoms. The van der Waals surface area contributed by atoms with Gasteiger partial charge < -0.3 is 14.3 Å². The average Bonchev–Trinajstić information content (AvgIpc) is 2.15. The summed E-state index contributed by atoms with van der Waals surface area (Å²) in [7, 11) is 0. The second kappa shape index (κ2) is 4.93. The summed E-state index contributed by atoms with van der Waals surface area (Å²) in [5.41, 5.74) is -0.406. The standard InChI is InChI=1S/C13H20O3/c1-5-7-13(8-6-2)9-11(10-14)15-12(3,4)16-13/h5-6,10-11H,1-2,7-9H2,3-4H3/t11-/m0/s1. The minimum Gasteiger partial charge on any atom is -0.343 e. The van der Waals surface area contributed by atoms with Crippen molar-refractivity contribution in [3.05, 3.63) is 25.3 Å². The third-order valence-corrected chi connectivity index (χ3v) is 2.66. The highest BCUT2D eigenvalue weighted by atomic mass is 16.7. The summed E-state index contributed by atoms with van der Waals surface area (Å²) < 4.78 is 11.5. The first-order valence-electron chi connectivity index (χ1n) is 5.52. The zero-order valence-electron chi connectivity index (χ0n) is 10.1. The molecule has 0 aromatic rings. The normalized spacial score (nSPS) is 27.0. The molecule has 1 aliphatic rings. The number of hydrogen-bond donors (Lipinski definition) is 0. The second-order valence-corrected chi connectivity index (χ2v) is 4.67.